The number of aliphatic hydroxyl groups is 1. The van der Waals surface area contributed by atoms with Crippen molar-refractivity contribution in [3.05, 3.63) is 46.6 Å². The van der Waals surface area contributed by atoms with Gasteiger partial charge in [0.15, 0.2) is 0 Å². The van der Waals surface area contributed by atoms with Gasteiger partial charge < -0.3 is 10.4 Å². The van der Waals surface area contributed by atoms with E-state index >= 15 is 0 Å². The molecule has 1 fully saturated rings. The Hall–Kier alpha value is -1.72. The van der Waals surface area contributed by atoms with Crippen LogP contribution in [0, 0.1) is 18.2 Å². The van der Waals surface area contributed by atoms with E-state index in [9.17, 15) is 14.3 Å². The van der Waals surface area contributed by atoms with Crippen molar-refractivity contribution in [2.75, 3.05) is 13.2 Å². The summed E-state index contributed by atoms with van der Waals surface area (Å²) in [5.41, 5.74) is 1.82. The number of carbonyl (C=O) groups is 1. The topological polar surface area (TPSA) is 49.3 Å². The van der Waals surface area contributed by atoms with Gasteiger partial charge in [-0.15, -0.1) is 11.3 Å². The van der Waals surface area contributed by atoms with Crippen LogP contribution in [0.5, 0.6) is 0 Å². The lowest BCUT2D eigenvalue weighted by atomic mass is 10.1. The van der Waals surface area contributed by atoms with Crippen molar-refractivity contribution in [3.63, 3.8) is 0 Å². The summed E-state index contributed by atoms with van der Waals surface area (Å²) in [6.07, 6.45) is 1.93. The lowest BCUT2D eigenvalue weighted by molar-refractivity contribution is 0.0939. The standard InChI is InChI=1S/C17H18FNO2S/c1-11-8-14(16(21)19-9-17(10-20)6-7-17)22-15(11)12-2-4-13(18)5-3-12/h2-5,8,20H,6-7,9-10H2,1H3,(H,19,21). The second-order valence-electron chi connectivity index (χ2n) is 5.97. The summed E-state index contributed by atoms with van der Waals surface area (Å²) in [5.74, 6) is -0.379. The lowest BCUT2D eigenvalue weighted by Crippen LogP contribution is -2.31. The maximum Gasteiger partial charge on any atom is 0.261 e. The van der Waals surface area contributed by atoms with Crippen LogP contribution in [0.4, 0.5) is 4.39 Å². The Labute approximate surface area is 132 Å². The van der Waals surface area contributed by atoms with Crippen molar-refractivity contribution in [3.8, 4) is 10.4 Å². The fraction of sp³-hybridized carbons (Fsp3) is 0.353. The number of nitrogens with one attached hydrogen (secondary N) is 1. The van der Waals surface area contributed by atoms with Crippen molar-refractivity contribution >= 4 is 17.2 Å². The van der Waals surface area contributed by atoms with Gasteiger partial charge in [-0.25, -0.2) is 4.39 Å². The zero-order valence-electron chi connectivity index (χ0n) is 12.4. The highest BCUT2D eigenvalue weighted by Gasteiger charge is 2.42. The third kappa shape index (κ3) is 3.05. The second kappa shape index (κ2) is 5.82. The predicted molar refractivity (Wildman–Crippen MR) is 85.5 cm³/mol. The van der Waals surface area contributed by atoms with Crippen molar-refractivity contribution in [2.45, 2.75) is 19.8 Å². The summed E-state index contributed by atoms with van der Waals surface area (Å²) in [5, 5.41) is 12.2. The number of hydrogen-bond donors (Lipinski definition) is 2. The summed E-state index contributed by atoms with van der Waals surface area (Å²) in [4.78, 5) is 13.9. The molecule has 0 saturated heterocycles. The van der Waals surface area contributed by atoms with Crippen LogP contribution >= 0.6 is 11.3 Å². The molecule has 1 aliphatic rings. The minimum absolute atomic E-state index is 0.0955. The maximum absolute atomic E-state index is 13.0. The van der Waals surface area contributed by atoms with Crippen LogP contribution in [0.15, 0.2) is 30.3 Å². The van der Waals surface area contributed by atoms with Gasteiger partial charge in [0, 0.05) is 16.8 Å². The van der Waals surface area contributed by atoms with Crippen LogP contribution in [-0.2, 0) is 0 Å². The number of amides is 1. The Bertz CT molecular complexity index is 689. The van der Waals surface area contributed by atoms with E-state index in [1.807, 2.05) is 13.0 Å². The van der Waals surface area contributed by atoms with E-state index in [-0.39, 0.29) is 23.7 Å². The Balaban J connectivity index is 1.74. The maximum atomic E-state index is 13.0. The highest BCUT2D eigenvalue weighted by atomic mass is 32.1. The number of hydrogen-bond acceptors (Lipinski definition) is 3. The Morgan fingerprint density at radius 2 is 2.05 bits per heavy atom. The van der Waals surface area contributed by atoms with Gasteiger partial charge >= 0.3 is 0 Å². The van der Waals surface area contributed by atoms with E-state index in [1.165, 1.54) is 23.5 Å². The smallest absolute Gasteiger partial charge is 0.261 e. The van der Waals surface area contributed by atoms with Gasteiger partial charge in [0.2, 0.25) is 0 Å². The molecular weight excluding hydrogens is 301 g/mol. The molecule has 1 heterocycles. The average Bonchev–Trinajstić information content (AvgIpc) is 3.21. The fourth-order valence-electron chi connectivity index (χ4n) is 2.40. The highest BCUT2D eigenvalue weighted by Crippen LogP contribution is 2.44. The molecule has 2 N–H and O–H groups in total. The van der Waals surface area contributed by atoms with Gasteiger partial charge in [-0.3, -0.25) is 4.79 Å². The summed E-state index contributed by atoms with van der Waals surface area (Å²) in [6.45, 7) is 2.59. The quantitative estimate of drug-likeness (QED) is 0.888. The third-order valence-corrected chi connectivity index (χ3v) is 5.45. The fourth-order valence-corrected chi connectivity index (χ4v) is 3.50. The molecule has 3 rings (SSSR count). The molecule has 0 bridgehead atoms. The normalized spacial score (nSPS) is 15.6. The highest BCUT2D eigenvalue weighted by molar-refractivity contribution is 7.17. The molecule has 22 heavy (non-hydrogen) atoms. The molecule has 116 valence electrons. The first-order chi connectivity index (χ1) is 10.5. The second-order valence-corrected chi connectivity index (χ2v) is 7.02. The molecular formula is C17H18FNO2S. The van der Waals surface area contributed by atoms with E-state index < -0.39 is 0 Å². The van der Waals surface area contributed by atoms with E-state index in [2.05, 4.69) is 5.32 Å². The van der Waals surface area contributed by atoms with Gasteiger partial charge in [0.05, 0.1) is 11.5 Å². The SMILES string of the molecule is Cc1cc(C(=O)NCC2(CO)CC2)sc1-c1ccc(F)cc1. The van der Waals surface area contributed by atoms with Gasteiger partial charge in [-0.05, 0) is 49.1 Å². The number of benzene rings is 1. The summed E-state index contributed by atoms with van der Waals surface area (Å²) in [6, 6.07) is 8.15. The first kappa shape index (κ1) is 15.2. The van der Waals surface area contributed by atoms with Gasteiger partial charge in [0.1, 0.15) is 5.82 Å². The van der Waals surface area contributed by atoms with Crippen LogP contribution in [-0.4, -0.2) is 24.2 Å². The minimum atomic E-state index is -0.269. The van der Waals surface area contributed by atoms with Crippen LogP contribution in [0.3, 0.4) is 0 Å². The molecule has 2 aromatic rings. The lowest BCUT2D eigenvalue weighted by Gasteiger charge is -2.11. The van der Waals surface area contributed by atoms with Gasteiger partial charge in [-0.1, -0.05) is 12.1 Å². The molecule has 3 nitrogen and oxygen atoms in total. The van der Waals surface area contributed by atoms with Gasteiger partial charge in [-0.2, -0.15) is 0 Å². The molecule has 0 radical (unpaired) electrons. The van der Waals surface area contributed by atoms with E-state index in [0.29, 0.717) is 11.4 Å². The monoisotopic (exact) mass is 319 g/mol. The predicted octanol–water partition coefficient (Wildman–Crippen LogP) is 3.36. The number of rotatable bonds is 5. The molecule has 1 aromatic carbocycles. The average molecular weight is 319 g/mol. The molecule has 1 aromatic heterocycles. The van der Waals surface area contributed by atoms with Crippen molar-refractivity contribution in [1.82, 2.24) is 5.32 Å². The first-order valence-electron chi connectivity index (χ1n) is 7.28. The van der Waals surface area contributed by atoms with E-state index in [4.69, 9.17) is 0 Å². The number of thiophene rings is 1. The van der Waals surface area contributed by atoms with E-state index in [1.54, 1.807) is 12.1 Å². The molecule has 1 aliphatic carbocycles. The zero-order chi connectivity index (χ0) is 15.7. The summed E-state index contributed by atoms with van der Waals surface area (Å²) < 4.78 is 13.0. The van der Waals surface area contributed by atoms with E-state index in [0.717, 1.165) is 28.8 Å². The Morgan fingerprint density at radius 3 is 2.64 bits per heavy atom. The molecule has 0 atom stereocenters. The van der Waals surface area contributed by atoms with Crippen LogP contribution in [0.1, 0.15) is 28.1 Å². The molecule has 0 spiro atoms. The number of aliphatic hydroxyl groups excluding tert-OH is 1. The number of carbonyl (C=O) groups excluding carboxylic acids is 1. The molecule has 1 saturated carbocycles. The van der Waals surface area contributed by atoms with Crippen molar-refractivity contribution in [1.29, 1.82) is 0 Å². The number of halogens is 1. The summed E-state index contributed by atoms with van der Waals surface area (Å²) >= 11 is 1.41. The third-order valence-electron chi connectivity index (χ3n) is 4.16. The van der Waals surface area contributed by atoms with Crippen molar-refractivity contribution in [2.24, 2.45) is 5.41 Å². The Morgan fingerprint density at radius 1 is 1.36 bits per heavy atom. The molecule has 0 aliphatic heterocycles. The van der Waals surface area contributed by atoms with Crippen LogP contribution in [0.25, 0.3) is 10.4 Å². The number of aryl methyl sites for hydroxylation is 1. The molecule has 5 heteroatoms. The zero-order valence-corrected chi connectivity index (χ0v) is 13.2. The molecule has 1 amide bonds. The largest absolute Gasteiger partial charge is 0.396 e. The van der Waals surface area contributed by atoms with Crippen LogP contribution in [0.2, 0.25) is 0 Å². The minimum Gasteiger partial charge on any atom is -0.396 e. The first-order valence-corrected chi connectivity index (χ1v) is 8.10. The molecule has 0 unspecified atom stereocenters. The summed E-state index contributed by atoms with van der Waals surface area (Å²) in [7, 11) is 0. The van der Waals surface area contributed by atoms with Gasteiger partial charge in [0.25, 0.3) is 5.91 Å². The van der Waals surface area contributed by atoms with Crippen molar-refractivity contribution < 1.29 is 14.3 Å². The Kier molecular flexibility index (Phi) is 4.02. The van der Waals surface area contributed by atoms with Crippen LogP contribution < -0.4 is 5.32 Å².